The van der Waals surface area contributed by atoms with E-state index in [1.165, 1.54) is 47.1 Å². The molecule has 5 aromatic rings. The van der Waals surface area contributed by atoms with Crippen LogP contribution in [0.1, 0.15) is 11.6 Å². The molecule has 0 aliphatic carbocycles. The van der Waals surface area contributed by atoms with Gasteiger partial charge in [0.2, 0.25) is 5.91 Å². The van der Waals surface area contributed by atoms with E-state index >= 15 is 0 Å². The second kappa shape index (κ2) is 11.4. The minimum atomic E-state index is -0.999. The van der Waals surface area contributed by atoms with Gasteiger partial charge in [0.15, 0.2) is 0 Å². The van der Waals surface area contributed by atoms with Gasteiger partial charge in [0.05, 0.1) is 30.4 Å². The van der Waals surface area contributed by atoms with E-state index in [1.54, 1.807) is 18.2 Å². The predicted octanol–water partition coefficient (Wildman–Crippen LogP) is 4.30. The van der Waals surface area contributed by atoms with Gasteiger partial charge in [-0.05, 0) is 52.4 Å². The summed E-state index contributed by atoms with van der Waals surface area (Å²) in [6.07, 6.45) is 3.08. The molecule has 0 bridgehead atoms. The van der Waals surface area contributed by atoms with Crippen molar-refractivity contribution in [3.05, 3.63) is 112 Å². The first-order valence-electron chi connectivity index (χ1n) is 12.1. The fraction of sp³-hybridized carbons (Fsp3) is 0.107. The minimum Gasteiger partial charge on any atom is -0.495 e. The van der Waals surface area contributed by atoms with Crippen LogP contribution in [0.5, 0.6) is 5.75 Å². The standard InChI is InChI=1S/C28H23ClFN7O3/c1-40-26-15-36(27(38)14-21(26)20-12-18(29)7-10-24(20)37-16-32-34-35-37)25(11-17-5-3-2-4-6-17)28(39)33-23-9-8-19(30)13-22(23)31/h2-10,12-16,25H,11,31H2,1H3,(H,33,39). The first-order chi connectivity index (χ1) is 19.3. The zero-order valence-corrected chi connectivity index (χ0v) is 21.9. The number of nitrogens with zero attached hydrogens (tertiary/aromatic N) is 5. The lowest BCUT2D eigenvalue weighted by Gasteiger charge is -2.22. The number of nitrogens with one attached hydrogen (secondary N) is 1. The average Bonchev–Trinajstić information content (AvgIpc) is 3.49. The number of nitrogens with two attached hydrogens (primary N) is 1. The lowest BCUT2D eigenvalue weighted by Crippen LogP contribution is -2.34. The summed E-state index contributed by atoms with van der Waals surface area (Å²) in [5.41, 5.74) is 8.09. The van der Waals surface area contributed by atoms with E-state index in [1.807, 2.05) is 30.3 Å². The molecule has 1 atom stereocenters. The SMILES string of the molecule is COc1cn(C(Cc2ccccc2)C(=O)Nc2ccc(F)cc2N)c(=O)cc1-c1cc(Cl)ccc1-n1cnnn1. The molecule has 3 aromatic carbocycles. The quantitative estimate of drug-likeness (QED) is 0.271. The molecule has 10 nitrogen and oxygen atoms in total. The van der Waals surface area contributed by atoms with Crippen LogP contribution in [0.3, 0.4) is 0 Å². The van der Waals surface area contributed by atoms with Crippen molar-refractivity contribution in [2.24, 2.45) is 0 Å². The number of amides is 1. The molecule has 0 saturated carbocycles. The second-order valence-electron chi connectivity index (χ2n) is 8.84. The number of tetrazole rings is 1. The molecule has 0 radical (unpaired) electrons. The van der Waals surface area contributed by atoms with E-state index in [9.17, 15) is 14.0 Å². The van der Waals surface area contributed by atoms with Gasteiger partial charge in [0.25, 0.3) is 5.56 Å². The summed E-state index contributed by atoms with van der Waals surface area (Å²) in [6.45, 7) is 0. The second-order valence-corrected chi connectivity index (χ2v) is 9.28. The molecule has 1 amide bonds. The fourth-order valence-electron chi connectivity index (χ4n) is 4.36. The normalized spacial score (nSPS) is 11.7. The number of rotatable bonds is 8. The average molecular weight is 560 g/mol. The Hall–Kier alpha value is -5.03. The molecule has 40 heavy (non-hydrogen) atoms. The van der Waals surface area contributed by atoms with Gasteiger partial charge < -0.3 is 15.8 Å². The summed E-state index contributed by atoms with van der Waals surface area (Å²) in [7, 11) is 1.46. The number of ether oxygens (including phenoxy) is 1. The number of methoxy groups -OCH3 is 1. The maximum atomic E-state index is 13.6. The number of pyridine rings is 1. The molecule has 0 saturated heterocycles. The van der Waals surface area contributed by atoms with Crippen LogP contribution in [0.15, 0.2) is 90.1 Å². The molecule has 0 spiro atoms. The molecule has 0 aliphatic rings. The van der Waals surface area contributed by atoms with Crippen LogP contribution in [0, 0.1) is 5.82 Å². The molecule has 12 heteroatoms. The van der Waals surface area contributed by atoms with Crippen molar-refractivity contribution in [1.82, 2.24) is 24.8 Å². The molecule has 202 valence electrons. The van der Waals surface area contributed by atoms with Gasteiger partial charge in [0, 0.05) is 28.6 Å². The van der Waals surface area contributed by atoms with Gasteiger partial charge in [0.1, 0.15) is 23.9 Å². The van der Waals surface area contributed by atoms with Crippen LogP contribution >= 0.6 is 11.6 Å². The predicted molar refractivity (Wildman–Crippen MR) is 149 cm³/mol. The van der Waals surface area contributed by atoms with E-state index in [4.69, 9.17) is 22.1 Å². The molecule has 3 N–H and O–H groups in total. The number of nitrogen functional groups attached to an aromatic ring is 1. The van der Waals surface area contributed by atoms with E-state index in [0.717, 1.165) is 11.6 Å². The van der Waals surface area contributed by atoms with Gasteiger partial charge in [-0.1, -0.05) is 41.9 Å². The van der Waals surface area contributed by atoms with E-state index < -0.39 is 23.3 Å². The fourth-order valence-corrected chi connectivity index (χ4v) is 4.53. The van der Waals surface area contributed by atoms with E-state index in [0.29, 0.717) is 27.6 Å². The van der Waals surface area contributed by atoms with Gasteiger partial charge in [-0.2, -0.15) is 4.68 Å². The molecular formula is C28H23ClFN7O3. The third kappa shape index (κ3) is 5.54. The highest BCUT2D eigenvalue weighted by atomic mass is 35.5. The van der Waals surface area contributed by atoms with Gasteiger partial charge >= 0.3 is 0 Å². The molecule has 5 rings (SSSR count). The van der Waals surface area contributed by atoms with Crippen molar-refractivity contribution >= 4 is 28.9 Å². The summed E-state index contributed by atoms with van der Waals surface area (Å²) in [5.74, 6) is -0.741. The Balaban J connectivity index is 1.61. The summed E-state index contributed by atoms with van der Waals surface area (Å²) in [6, 6.07) is 18.4. The van der Waals surface area contributed by atoms with Gasteiger partial charge in [-0.3, -0.25) is 14.2 Å². The molecular weight excluding hydrogens is 537 g/mol. The Morgan fingerprint density at radius 2 is 1.90 bits per heavy atom. The lowest BCUT2D eigenvalue weighted by molar-refractivity contribution is -0.119. The smallest absolute Gasteiger partial charge is 0.252 e. The monoisotopic (exact) mass is 559 g/mol. The van der Waals surface area contributed by atoms with Crippen LogP contribution in [0.2, 0.25) is 5.02 Å². The number of carbonyl (C=O) groups excluding carboxylic acids is 1. The van der Waals surface area contributed by atoms with Crippen LogP contribution in [-0.2, 0) is 11.2 Å². The maximum absolute atomic E-state index is 13.6. The maximum Gasteiger partial charge on any atom is 0.252 e. The molecule has 0 aliphatic heterocycles. The number of hydrogen-bond donors (Lipinski definition) is 2. The highest BCUT2D eigenvalue weighted by molar-refractivity contribution is 6.31. The minimum absolute atomic E-state index is 0.0585. The van der Waals surface area contributed by atoms with Gasteiger partial charge in [-0.15, -0.1) is 5.10 Å². The van der Waals surface area contributed by atoms with Crippen LogP contribution in [0.25, 0.3) is 16.8 Å². The first-order valence-corrected chi connectivity index (χ1v) is 12.4. The van der Waals surface area contributed by atoms with Crippen LogP contribution in [0.4, 0.5) is 15.8 Å². The third-order valence-corrected chi connectivity index (χ3v) is 6.53. The topological polar surface area (TPSA) is 130 Å². The van der Waals surface area contributed by atoms with Crippen molar-refractivity contribution in [3.8, 4) is 22.6 Å². The molecule has 2 aromatic heterocycles. The van der Waals surface area contributed by atoms with Gasteiger partial charge in [-0.25, -0.2) is 4.39 Å². The number of aromatic nitrogens is 5. The van der Waals surface area contributed by atoms with Crippen LogP contribution in [-0.4, -0.2) is 37.8 Å². The Kier molecular flexibility index (Phi) is 7.56. The Morgan fingerprint density at radius 1 is 1.10 bits per heavy atom. The number of halogens is 2. The number of carbonyl (C=O) groups is 1. The summed E-state index contributed by atoms with van der Waals surface area (Å²) in [5, 5.41) is 14.5. The summed E-state index contributed by atoms with van der Waals surface area (Å²) in [4.78, 5) is 27.2. The Labute approximate surface area is 232 Å². The number of hydrogen-bond acceptors (Lipinski definition) is 7. The van der Waals surface area contributed by atoms with Crippen molar-refractivity contribution in [2.75, 3.05) is 18.2 Å². The number of anilines is 2. The summed E-state index contributed by atoms with van der Waals surface area (Å²) >= 11 is 6.30. The lowest BCUT2D eigenvalue weighted by atomic mass is 10.0. The Morgan fingerprint density at radius 3 is 2.60 bits per heavy atom. The summed E-state index contributed by atoms with van der Waals surface area (Å²) < 4.78 is 22.0. The van der Waals surface area contributed by atoms with E-state index in [2.05, 4.69) is 20.8 Å². The molecule has 2 heterocycles. The van der Waals surface area contributed by atoms with Crippen molar-refractivity contribution in [1.29, 1.82) is 0 Å². The molecule has 1 unspecified atom stereocenters. The van der Waals surface area contributed by atoms with Crippen molar-refractivity contribution < 1.29 is 13.9 Å². The molecule has 0 fully saturated rings. The zero-order chi connectivity index (χ0) is 28.2. The highest BCUT2D eigenvalue weighted by Gasteiger charge is 2.25. The highest BCUT2D eigenvalue weighted by Crippen LogP contribution is 2.35. The first kappa shape index (κ1) is 26.6. The Bertz CT molecular complexity index is 1730. The third-order valence-electron chi connectivity index (χ3n) is 6.29. The zero-order valence-electron chi connectivity index (χ0n) is 21.2. The van der Waals surface area contributed by atoms with Crippen LogP contribution < -0.4 is 21.3 Å². The number of benzene rings is 3. The van der Waals surface area contributed by atoms with E-state index in [-0.39, 0.29) is 17.8 Å². The largest absolute Gasteiger partial charge is 0.495 e. The van der Waals surface area contributed by atoms with Crippen molar-refractivity contribution in [2.45, 2.75) is 12.5 Å². The van der Waals surface area contributed by atoms with Crippen molar-refractivity contribution in [3.63, 3.8) is 0 Å².